The molecule has 0 N–H and O–H groups in total. The van der Waals surface area contributed by atoms with Crippen LogP contribution in [0.4, 0.5) is 0 Å². The standard InChI is InChI=1S/C12H14Cl2O2/c13-7-4-5-2-1-3-6-8(5)9(10(7)14)12(16)11(6)15/h5-10H,1-4H2. The molecule has 4 heteroatoms. The van der Waals surface area contributed by atoms with E-state index in [0.29, 0.717) is 5.92 Å². The minimum absolute atomic E-state index is 0.0401. The van der Waals surface area contributed by atoms with Crippen molar-refractivity contribution >= 4 is 34.8 Å². The van der Waals surface area contributed by atoms with Crippen molar-refractivity contribution in [3.8, 4) is 0 Å². The molecule has 88 valence electrons. The molecule has 0 saturated heterocycles. The lowest BCUT2D eigenvalue weighted by Gasteiger charge is -2.43. The van der Waals surface area contributed by atoms with E-state index in [1.54, 1.807) is 0 Å². The molecule has 2 nitrogen and oxygen atoms in total. The van der Waals surface area contributed by atoms with Crippen molar-refractivity contribution in [2.45, 2.75) is 36.4 Å². The van der Waals surface area contributed by atoms with Crippen LogP contribution in [0.25, 0.3) is 0 Å². The molecule has 3 fully saturated rings. The smallest absolute Gasteiger partial charge is 0.203 e. The highest BCUT2D eigenvalue weighted by atomic mass is 35.5. The minimum atomic E-state index is -0.345. The first-order valence-electron chi connectivity index (χ1n) is 5.97. The molecule has 3 aliphatic rings. The summed E-state index contributed by atoms with van der Waals surface area (Å²) in [6, 6.07) is 0. The van der Waals surface area contributed by atoms with E-state index in [1.165, 1.54) is 0 Å². The number of halogens is 2. The van der Waals surface area contributed by atoms with Gasteiger partial charge in [-0.2, -0.15) is 0 Å². The maximum atomic E-state index is 11.9. The third-order valence-electron chi connectivity index (χ3n) is 4.61. The number of rotatable bonds is 0. The predicted octanol–water partition coefficient (Wildman–Crippen LogP) is 2.41. The van der Waals surface area contributed by atoms with Gasteiger partial charge in [-0.15, -0.1) is 23.2 Å². The number of carbonyl (C=O) groups excluding carboxylic acids is 2. The highest BCUT2D eigenvalue weighted by molar-refractivity contribution is 6.43. The van der Waals surface area contributed by atoms with E-state index >= 15 is 0 Å². The van der Waals surface area contributed by atoms with Gasteiger partial charge < -0.3 is 0 Å². The van der Waals surface area contributed by atoms with Crippen LogP contribution in [0.15, 0.2) is 0 Å². The zero-order valence-electron chi connectivity index (χ0n) is 8.86. The number of alkyl halides is 2. The van der Waals surface area contributed by atoms with Gasteiger partial charge in [0, 0.05) is 11.8 Å². The second-order valence-electron chi connectivity index (χ2n) is 5.33. The Labute approximate surface area is 105 Å². The average Bonchev–Trinajstić information content (AvgIpc) is 2.52. The molecule has 6 unspecified atom stereocenters. The lowest BCUT2D eigenvalue weighted by molar-refractivity contribution is -0.137. The Bertz CT molecular complexity index is 355. The van der Waals surface area contributed by atoms with Gasteiger partial charge in [-0.1, -0.05) is 12.8 Å². The topological polar surface area (TPSA) is 34.1 Å². The van der Waals surface area contributed by atoms with Crippen molar-refractivity contribution in [3.63, 3.8) is 0 Å². The zero-order chi connectivity index (χ0) is 11.4. The van der Waals surface area contributed by atoms with Crippen molar-refractivity contribution in [2.75, 3.05) is 0 Å². The predicted molar refractivity (Wildman–Crippen MR) is 61.7 cm³/mol. The van der Waals surface area contributed by atoms with Crippen LogP contribution in [0.1, 0.15) is 25.7 Å². The van der Waals surface area contributed by atoms with E-state index in [2.05, 4.69) is 0 Å². The molecule has 0 aromatic rings. The summed E-state index contributed by atoms with van der Waals surface area (Å²) in [7, 11) is 0. The summed E-state index contributed by atoms with van der Waals surface area (Å²) in [4.78, 5) is 23.8. The SMILES string of the molecule is O=C1C(=O)C2C(Cl)C(Cl)CC3CCCC1C32. The van der Waals surface area contributed by atoms with Gasteiger partial charge in [0.25, 0.3) is 0 Å². The largest absolute Gasteiger partial charge is 0.291 e. The van der Waals surface area contributed by atoms with Gasteiger partial charge in [0.2, 0.25) is 11.6 Å². The Morgan fingerprint density at radius 3 is 2.56 bits per heavy atom. The van der Waals surface area contributed by atoms with Crippen LogP contribution in [0.5, 0.6) is 0 Å². The van der Waals surface area contributed by atoms with Crippen LogP contribution in [0.3, 0.4) is 0 Å². The van der Waals surface area contributed by atoms with Crippen LogP contribution in [-0.4, -0.2) is 22.3 Å². The number of hydrogen-bond acceptors (Lipinski definition) is 2. The van der Waals surface area contributed by atoms with E-state index < -0.39 is 0 Å². The Hall–Kier alpha value is -0.0800. The number of carbonyl (C=O) groups is 2. The molecule has 0 radical (unpaired) electrons. The molecule has 3 saturated carbocycles. The summed E-state index contributed by atoms with van der Waals surface area (Å²) < 4.78 is 0. The van der Waals surface area contributed by atoms with Crippen molar-refractivity contribution < 1.29 is 9.59 Å². The Morgan fingerprint density at radius 1 is 1.06 bits per heavy atom. The van der Waals surface area contributed by atoms with E-state index in [-0.39, 0.29) is 40.1 Å². The lowest BCUT2D eigenvalue weighted by Crippen LogP contribution is -2.44. The van der Waals surface area contributed by atoms with Crippen LogP contribution in [-0.2, 0) is 9.59 Å². The molecule has 0 aromatic carbocycles. The van der Waals surface area contributed by atoms with Crippen LogP contribution in [0, 0.1) is 23.7 Å². The monoisotopic (exact) mass is 260 g/mol. The molecule has 0 amide bonds. The van der Waals surface area contributed by atoms with Crippen molar-refractivity contribution in [1.82, 2.24) is 0 Å². The molecule has 6 atom stereocenters. The summed E-state index contributed by atoms with van der Waals surface area (Å²) in [5.74, 6) is -0.103. The summed E-state index contributed by atoms with van der Waals surface area (Å²) in [5, 5.41) is -0.496. The molecule has 0 bridgehead atoms. The first kappa shape index (κ1) is 11.0. The van der Waals surface area contributed by atoms with Crippen molar-refractivity contribution in [3.05, 3.63) is 0 Å². The molecule has 3 rings (SSSR count). The molecule has 0 heterocycles. The number of ketones is 2. The third kappa shape index (κ3) is 1.32. The van der Waals surface area contributed by atoms with Gasteiger partial charge in [-0.25, -0.2) is 0 Å². The second-order valence-corrected chi connectivity index (χ2v) is 6.39. The van der Waals surface area contributed by atoms with Crippen molar-refractivity contribution in [2.24, 2.45) is 23.7 Å². The van der Waals surface area contributed by atoms with E-state index in [0.717, 1.165) is 25.7 Å². The fourth-order valence-corrected chi connectivity index (χ4v) is 4.73. The third-order valence-corrected chi connectivity index (χ3v) is 5.77. The van der Waals surface area contributed by atoms with E-state index in [9.17, 15) is 9.59 Å². The van der Waals surface area contributed by atoms with Gasteiger partial charge in [0.05, 0.1) is 10.8 Å². The molecular weight excluding hydrogens is 247 g/mol. The molecule has 16 heavy (non-hydrogen) atoms. The van der Waals surface area contributed by atoms with E-state index in [1.807, 2.05) is 0 Å². The maximum absolute atomic E-state index is 11.9. The first-order chi connectivity index (χ1) is 7.61. The van der Waals surface area contributed by atoms with Gasteiger partial charge in [-0.05, 0) is 24.7 Å². The first-order valence-corrected chi connectivity index (χ1v) is 6.84. The summed E-state index contributed by atoms with van der Waals surface area (Å²) >= 11 is 12.4. The Morgan fingerprint density at radius 2 is 1.81 bits per heavy atom. The molecule has 3 aliphatic carbocycles. The van der Waals surface area contributed by atoms with Crippen LogP contribution >= 0.6 is 23.2 Å². The fourth-order valence-electron chi connectivity index (χ4n) is 3.96. The highest BCUT2D eigenvalue weighted by Gasteiger charge is 2.59. The summed E-state index contributed by atoms with van der Waals surface area (Å²) in [6.07, 6.45) is 3.89. The fraction of sp³-hybridized carbons (Fsp3) is 0.833. The number of hydrogen-bond donors (Lipinski definition) is 0. The molecule has 0 aromatic heterocycles. The lowest BCUT2D eigenvalue weighted by atomic mass is 9.64. The van der Waals surface area contributed by atoms with Crippen molar-refractivity contribution in [1.29, 1.82) is 0 Å². The molecule has 0 spiro atoms. The Kier molecular flexibility index (Phi) is 2.56. The highest BCUT2D eigenvalue weighted by Crippen LogP contribution is 2.53. The summed E-state index contributed by atoms with van der Waals surface area (Å²) in [5.41, 5.74) is 0. The van der Waals surface area contributed by atoms with Gasteiger partial charge in [0.15, 0.2) is 0 Å². The van der Waals surface area contributed by atoms with Crippen LogP contribution < -0.4 is 0 Å². The minimum Gasteiger partial charge on any atom is -0.291 e. The van der Waals surface area contributed by atoms with Gasteiger partial charge in [0.1, 0.15) is 0 Å². The normalized spacial score (nSPS) is 51.6. The average molecular weight is 261 g/mol. The summed E-state index contributed by atoms with van der Waals surface area (Å²) in [6.45, 7) is 0. The quantitative estimate of drug-likeness (QED) is 0.495. The number of Topliss-reactive ketones (excluding diaryl/α,β-unsaturated/α-hetero) is 2. The second kappa shape index (κ2) is 3.71. The maximum Gasteiger partial charge on any atom is 0.203 e. The molecule has 0 aliphatic heterocycles. The molecular formula is C12H14Cl2O2. The Balaban J connectivity index is 2.01. The van der Waals surface area contributed by atoms with E-state index in [4.69, 9.17) is 23.2 Å². The van der Waals surface area contributed by atoms with Crippen LogP contribution in [0.2, 0.25) is 0 Å². The van der Waals surface area contributed by atoms with Gasteiger partial charge >= 0.3 is 0 Å². The van der Waals surface area contributed by atoms with Gasteiger partial charge in [-0.3, -0.25) is 9.59 Å². The zero-order valence-corrected chi connectivity index (χ0v) is 10.4.